The Kier molecular flexibility index (Phi) is 3.64. The molecule has 2 bridgehead atoms. The van der Waals surface area contributed by atoms with E-state index in [2.05, 4.69) is 18.2 Å². The van der Waals surface area contributed by atoms with Crippen molar-refractivity contribution in [2.75, 3.05) is 0 Å². The molecule has 5 rings (SSSR count). The monoisotopic (exact) mass is 352 g/mol. The number of halogens is 1. The standard InChI is InChI=1S/C23H25ClO/c24-17-12-19(15-6-2-1-3-7-15)22(25)21(13-17)23-11-10-16(14-23)18-8-4-5-9-20(18)23/h1-3,6-7,12-13,16,18,20,25H,4-5,8-11,14H2. The molecular weight excluding hydrogens is 328 g/mol. The summed E-state index contributed by atoms with van der Waals surface area (Å²) in [5, 5.41) is 12.0. The summed E-state index contributed by atoms with van der Waals surface area (Å²) in [5.74, 6) is 2.96. The summed E-state index contributed by atoms with van der Waals surface area (Å²) in [6.45, 7) is 0. The van der Waals surface area contributed by atoms with Gasteiger partial charge in [0.1, 0.15) is 5.75 Å². The molecule has 3 aliphatic rings. The molecule has 1 nitrogen and oxygen atoms in total. The summed E-state index contributed by atoms with van der Waals surface area (Å²) >= 11 is 6.55. The van der Waals surface area contributed by atoms with Crippen LogP contribution >= 0.6 is 11.6 Å². The van der Waals surface area contributed by atoms with Crippen LogP contribution in [0.1, 0.15) is 50.5 Å². The molecule has 0 amide bonds. The number of phenolic OH excluding ortho intramolecular Hbond substituents is 1. The fourth-order valence-electron chi connectivity index (χ4n) is 6.49. The maximum absolute atomic E-state index is 11.3. The van der Waals surface area contributed by atoms with Crippen molar-refractivity contribution in [1.82, 2.24) is 0 Å². The smallest absolute Gasteiger partial charge is 0.127 e. The van der Waals surface area contributed by atoms with Crippen LogP contribution < -0.4 is 0 Å². The number of fused-ring (bicyclic) bond motifs is 5. The summed E-state index contributed by atoms with van der Waals surface area (Å²) in [4.78, 5) is 0. The Morgan fingerprint density at radius 1 is 1.00 bits per heavy atom. The molecule has 0 saturated heterocycles. The van der Waals surface area contributed by atoms with E-state index in [1.807, 2.05) is 24.3 Å². The van der Waals surface area contributed by atoms with Crippen molar-refractivity contribution in [3.05, 3.63) is 53.1 Å². The van der Waals surface area contributed by atoms with Crippen LogP contribution in [0.15, 0.2) is 42.5 Å². The number of benzene rings is 2. The average molecular weight is 353 g/mol. The molecule has 4 unspecified atom stereocenters. The maximum Gasteiger partial charge on any atom is 0.127 e. The second kappa shape index (κ2) is 5.77. The van der Waals surface area contributed by atoms with E-state index >= 15 is 0 Å². The highest BCUT2D eigenvalue weighted by Gasteiger charge is 2.59. The van der Waals surface area contributed by atoms with Crippen molar-refractivity contribution in [1.29, 1.82) is 0 Å². The quantitative estimate of drug-likeness (QED) is 0.648. The molecule has 2 heteroatoms. The van der Waals surface area contributed by atoms with Gasteiger partial charge in [-0.2, -0.15) is 0 Å². The van der Waals surface area contributed by atoms with E-state index in [0.29, 0.717) is 5.75 Å². The third-order valence-corrected chi connectivity index (χ3v) is 7.64. The van der Waals surface area contributed by atoms with Crippen molar-refractivity contribution >= 4 is 11.6 Å². The first-order valence-corrected chi connectivity index (χ1v) is 10.2. The summed E-state index contributed by atoms with van der Waals surface area (Å²) in [7, 11) is 0. The molecule has 0 aliphatic heterocycles. The van der Waals surface area contributed by atoms with Gasteiger partial charge >= 0.3 is 0 Å². The van der Waals surface area contributed by atoms with Crippen LogP contribution in [0.4, 0.5) is 0 Å². The predicted molar refractivity (Wildman–Crippen MR) is 103 cm³/mol. The first-order valence-electron chi connectivity index (χ1n) is 9.77. The molecule has 0 aromatic heterocycles. The highest BCUT2D eigenvalue weighted by atomic mass is 35.5. The zero-order valence-electron chi connectivity index (χ0n) is 14.5. The fraction of sp³-hybridized carbons (Fsp3) is 0.478. The molecule has 2 aromatic carbocycles. The lowest BCUT2D eigenvalue weighted by atomic mass is 9.61. The van der Waals surface area contributed by atoms with E-state index in [4.69, 9.17) is 11.6 Å². The molecule has 0 spiro atoms. The molecule has 4 atom stereocenters. The number of rotatable bonds is 2. The van der Waals surface area contributed by atoms with Gasteiger partial charge in [-0.05, 0) is 67.6 Å². The van der Waals surface area contributed by atoms with Gasteiger partial charge < -0.3 is 5.11 Å². The van der Waals surface area contributed by atoms with E-state index < -0.39 is 0 Å². The third-order valence-electron chi connectivity index (χ3n) is 7.42. The van der Waals surface area contributed by atoms with Crippen molar-refractivity contribution < 1.29 is 5.11 Å². The van der Waals surface area contributed by atoms with Crippen molar-refractivity contribution in [3.63, 3.8) is 0 Å². The molecule has 3 aliphatic carbocycles. The number of aromatic hydroxyl groups is 1. The Morgan fingerprint density at radius 2 is 1.80 bits per heavy atom. The molecule has 25 heavy (non-hydrogen) atoms. The van der Waals surface area contributed by atoms with Gasteiger partial charge in [0.05, 0.1) is 0 Å². The Hall–Kier alpha value is -1.47. The minimum absolute atomic E-state index is 0.161. The van der Waals surface area contributed by atoms with Gasteiger partial charge in [0.2, 0.25) is 0 Å². The van der Waals surface area contributed by atoms with Crippen molar-refractivity contribution in [2.24, 2.45) is 17.8 Å². The van der Waals surface area contributed by atoms with Crippen molar-refractivity contribution in [3.8, 4) is 16.9 Å². The van der Waals surface area contributed by atoms with Crippen LogP contribution in [0, 0.1) is 17.8 Å². The summed E-state index contributed by atoms with van der Waals surface area (Å²) in [6, 6.07) is 14.2. The number of phenols is 1. The minimum atomic E-state index is 0.161. The molecule has 1 N–H and O–H groups in total. The number of hydrogen-bond acceptors (Lipinski definition) is 1. The second-order valence-electron chi connectivity index (χ2n) is 8.43. The van der Waals surface area contributed by atoms with Gasteiger partial charge in [-0.15, -0.1) is 0 Å². The molecule has 3 saturated carbocycles. The molecule has 0 heterocycles. The van der Waals surface area contributed by atoms with E-state index in [1.165, 1.54) is 44.9 Å². The SMILES string of the molecule is Oc1c(-c2ccccc2)cc(Cl)cc1C12CCC(C1)C1CCCCC12. The topological polar surface area (TPSA) is 20.2 Å². The lowest BCUT2D eigenvalue weighted by Crippen LogP contribution is -2.36. The Balaban J connectivity index is 1.66. The fourth-order valence-corrected chi connectivity index (χ4v) is 6.71. The van der Waals surface area contributed by atoms with Gasteiger partial charge in [0, 0.05) is 21.6 Å². The third kappa shape index (κ3) is 2.28. The van der Waals surface area contributed by atoms with Crippen LogP contribution in [0.2, 0.25) is 5.02 Å². The highest BCUT2D eigenvalue weighted by molar-refractivity contribution is 6.31. The zero-order chi connectivity index (χ0) is 17.0. The van der Waals surface area contributed by atoms with Gasteiger partial charge in [-0.1, -0.05) is 54.8 Å². The molecule has 0 radical (unpaired) electrons. The normalized spacial score (nSPS) is 33.4. The Bertz CT molecular complexity index is 799. The van der Waals surface area contributed by atoms with E-state index in [0.717, 1.165) is 39.5 Å². The van der Waals surface area contributed by atoms with Gasteiger partial charge in [-0.3, -0.25) is 0 Å². The lowest BCUT2D eigenvalue weighted by molar-refractivity contribution is 0.134. The molecule has 130 valence electrons. The first kappa shape index (κ1) is 15.8. The summed E-state index contributed by atoms with van der Waals surface area (Å²) in [5.41, 5.74) is 3.23. The zero-order valence-corrected chi connectivity index (χ0v) is 15.3. The Morgan fingerprint density at radius 3 is 2.64 bits per heavy atom. The van der Waals surface area contributed by atoms with Gasteiger partial charge in [0.15, 0.2) is 0 Å². The summed E-state index contributed by atoms with van der Waals surface area (Å²) in [6.07, 6.45) is 9.27. The van der Waals surface area contributed by atoms with Crippen molar-refractivity contribution in [2.45, 2.75) is 50.4 Å². The van der Waals surface area contributed by atoms with Crippen LogP contribution in [-0.2, 0) is 5.41 Å². The summed E-state index contributed by atoms with van der Waals surface area (Å²) < 4.78 is 0. The van der Waals surface area contributed by atoms with Crippen LogP contribution in [0.5, 0.6) is 5.75 Å². The number of hydrogen-bond donors (Lipinski definition) is 1. The predicted octanol–water partition coefficient (Wildman–Crippen LogP) is 6.57. The highest BCUT2D eigenvalue weighted by Crippen LogP contribution is 2.66. The van der Waals surface area contributed by atoms with Gasteiger partial charge in [-0.25, -0.2) is 0 Å². The molecule has 3 fully saturated rings. The van der Waals surface area contributed by atoms with E-state index in [1.54, 1.807) is 0 Å². The first-order chi connectivity index (χ1) is 12.2. The second-order valence-corrected chi connectivity index (χ2v) is 8.87. The van der Waals surface area contributed by atoms with E-state index in [-0.39, 0.29) is 5.41 Å². The van der Waals surface area contributed by atoms with Crippen LogP contribution in [0.25, 0.3) is 11.1 Å². The maximum atomic E-state index is 11.3. The molecule has 2 aromatic rings. The average Bonchev–Trinajstić information content (AvgIpc) is 3.23. The van der Waals surface area contributed by atoms with Gasteiger partial charge in [0.25, 0.3) is 0 Å². The minimum Gasteiger partial charge on any atom is -0.507 e. The van der Waals surface area contributed by atoms with E-state index in [9.17, 15) is 5.11 Å². The largest absolute Gasteiger partial charge is 0.507 e. The Labute approximate surface area is 155 Å². The lowest BCUT2D eigenvalue weighted by Gasteiger charge is -2.43. The molecular formula is C23H25ClO. The van der Waals surface area contributed by atoms with Crippen LogP contribution in [-0.4, -0.2) is 5.11 Å². The van der Waals surface area contributed by atoms with Crippen LogP contribution in [0.3, 0.4) is 0 Å².